The van der Waals surface area contributed by atoms with Crippen LogP contribution in [0.5, 0.6) is 0 Å². The lowest BCUT2D eigenvalue weighted by molar-refractivity contribution is 0.637. The van der Waals surface area contributed by atoms with Crippen LogP contribution >= 0.6 is 23.2 Å². The van der Waals surface area contributed by atoms with Gasteiger partial charge in [0.05, 0.1) is 6.04 Å². The molecule has 0 radical (unpaired) electrons. The third-order valence-corrected chi connectivity index (χ3v) is 3.34. The van der Waals surface area contributed by atoms with Crippen LogP contribution in [-0.2, 0) is 0 Å². The van der Waals surface area contributed by atoms with Gasteiger partial charge in [-0.2, -0.15) is 0 Å². The van der Waals surface area contributed by atoms with E-state index in [0.717, 1.165) is 16.7 Å². The van der Waals surface area contributed by atoms with Gasteiger partial charge in [-0.25, -0.2) is 5.43 Å². The van der Waals surface area contributed by atoms with Crippen LogP contribution in [0.4, 0.5) is 0 Å². The van der Waals surface area contributed by atoms with Gasteiger partial charge in [0.15, 0.2) is 0 Å². The Balaban J connectivity index is 2.48. The van der Waals surface area contributed by atoms with Crippen LogP contribution in [-0.4, -0.2) is 0 Å². The van der Waals surface area contributed by atoms with Crippen LogP contribution in [0.15, 0.2) is 42.5 Å². The molecule has 2 rings (SSSR count). The van der Waals surface area contributed by atoms with E-state index >= 15 is 0 Å². The largest absolute Gasteiger partial charge is 0.271 e. The molecule has 2 aromatic carbocycles. The first-order chi connectivity index (χ1) is 8.61. The van der Waals surface area contributed by atoms with E-state index in [1.165, 1.54) is 0 Å². The summed E-state index contributed by atoms with van der Waals surface area (Å²) in [5.74, 6) is 5.65. The molecule has 3 N–H and O–H groups in total. The fraction of sp³-hybridized carbons (Fsp3) is 0.143. The first kappa shape index (κ1) is 13.4. The third kappa shape index (κ3) is 2.85. The monoisotopic (exact) mass is 280 g/mol. The standard InChI is InChI=1S/C14H14Cl2N2/c1-9-6-10(8-11(15)7-9)14(18-17)12-4-2-3-5-13(12)16/h2-8,14,18H,17H2,1H3. The minimum absolute atomic E-state index is 0.170. The van der Waals surface area contributed by atoms with Crippen molar-refractivity contribution in [2.75, 3.05) is 0 Å². The van der Waals surface area contributed by atoms with Gasteiger partial charge in [-0.15, -0.1) is 0 Å². The molecule has 2 nitrogen and oxygen atoms in total. The number of halogens is 2. The van der Waals surface area contributed by atoms with Crippen molar-refractivity contribution in [3.05, 3.63) is 69.2 Å². The molecule has 2 aromatic rings. The molecule has 0 bridgehead atoms. The van der Waals surface area contributed by atoms with Crippen LogP contribution in [0.2, 0.25) is 10.0 Å². The van der Waals surface area contributed by atoms with Gasteiger partial charge in [-0.1, -0.05) is 47.5 Å². The highest BCUT2D eigenvalue weighted by atomic mass is 35.5. The van der Waals surface area contributed by atoms with Gasteiger partial charge in [0.25, 0.3) is 0 Å². The average Bonchev–Trinajstić information content (AvgIpc) is 2.31. The van der Waals surface area contributed by atoms with Crippen molar-refractivity contribution >= 4 is 23.2 Å². The molecule has 0 saturated carbocycles. The van der Waals surface area contributed by atoms with Gasteiger partial charge in [0.1, 0.15) is 0 Å². The maximum Gasteiger partial charge on any atom is 0.0725 e. The Morgan fingerprint density at radius 2 is 1.83 bits per heavy atom. The van der Waals surface area contributed by atoms with Gasteiger partial charge in [0.2, 0.25) is 0 Å². The highest BCUT2D eigenvalue weighted by Gasteiger charge is 2.15. The van der Waals surface area contributed by atoms with Crippen LogP contribution in [0, 0.1) is 6.92 Å². The Hall–Kier alpha value is -1.06. The minimum atomic E-state index is -0.170. The van der Waals surface area contributed by atoms with Crippen molar-refractivity contribution in [2.45, 2.75) is 13.0 Å². The lowest BCUT2D eigenvalue weighted by Gasteiger charge is -2.19. The molecule has 94 valence electrons. The zero-order chi connectivity index (χ0) is 13.1. The van der Waals surface area contributed by atoms with Gasteiger partial charge < -0.3 is 0 Å². The van der Waals surface area contributed by atoms with E-state index in [4.69, 9.17) is 29.0 Å². The second-order valence-corrected chi connectivity index (χ2v) is 5.03. The number of hydrazine groups is 1. The number of benzene rings is 2. The zero-order valence-corrected chi connectivity index (χ0v) is 11.5. The summed E-state index contributed by atoms with van der Waals surface area (Å²) in [6.45, 7) is 2.00. The minimum Gasteiger partial charge on any atom is -0.271 e. The van der Waals surface area contributed by atoms with Crippen LogP contribution < -0.4 is 11.3 Å². The van der Waals surface area contributed by atoms with Crippen molar-refractivity contribution in [3.8, 4) is 0 Å². The van der Waals surface area contributed by atoms with E-state index in [1.54, 1.807) is 0 Å². The second-order valence-electron chi connectivity index (χ2n) is 4.18. The SMILES string of the molecule is Cc1cc(Cl)cc(C(NN)c2ccccc2Cl)c1. The lowest BCUT2D eigenvalue weighted by atomic mass is 9.98. The van der Waals surface area contributed by atoms with Gasteiger partial charge in [0, 0.05) is 10.0 Å². The predicted octanol–water partition coefficient (Wildman–Crippen LogP) is 3.85. The highest BCUT2D eigenvalue weighted by molar-refractivity contribution is 6.31. The van der Waals surface area contributed by atoms with Crippen molar-refractivity contribution in [3.63, 3.8) is 0 Å². The van der Waals surface area contributed by atoms with E-state index in [-0.39, 0.29) is 6.04 Å². The smallest absolute Gasteiger partial charge is 0.0725 e. The van der Waals surface area contributed by atoms with Gasteiger partial charge in [-0.3, -0.25) is 5.84 Å². The fourth-order valence-corrected chi connectivity index (χ4v) is 2.55. The number of hydrogen-bond acceptors (Lipinski definition) is 2. The van der Waals surface area contributed by atoms with Crippen LogP contribution in [0.3, 0.4) is 0 Å². The number of hydrogen-bond donors (Lipinski definition) is 2. The number of nitrogens with two attached hydrogens (primary N) is 1. The quantitative estimate of drug-likeness (QED) is 0.662. The number of nitrogens with one attached hydrogen (secondary N) is 1. The van der Waals surface area contributed by atoms with E-state index in [2.05, 4.69) is 5.43 Å². The molecule has 0 aliphatic rings. The normalized spacial score (nSPS) is 12.4. The summed E-state index contributed by atoms with van der Waals surface area (Å²) in [5.41, 5.74) is 5.80. The zero-order valence-electron chi connectivity index (χ0n) is 9.95. The summed E-state index contributed by atoms with van der Waals surface area (Å²) < 4.78 is 0. The Morgan fingerprint density at radius 1 is 1.11 bits per heavy atom. The molecular formula is C14H14Cl2N2. The molecule has 0 aromatic heterocycles. The topological polar surface area (TPSA) is 38.0 Å². The van der Waals surface area contributed by atoms with E-state index in [0.29, 0.717) is 10.0 Å². The van der Waals surface area contributed by atoms with Gasteiger partial charge in [-0.05, 0) is 41.8 Å². The summed E-state index contributed by atoms with van der Waals surface area (Å²) in [5, 5.41) is 1.37. The molecule has 1 atom stereocenters. The molecule has 0 heterocycles. The molecule has 1 unspecified atom stereocenters. The third-order valence-electron chi connectivity index (χ3n) is 2.78. The first-order valence-electron chi connectivity index (χ1n) is 5.59. The first-order valence-corrected chi connectivity index (χ1v) is 6.35. The molecular weight excluding hydrogens is 267 g/mol. The van der Waals surface area contributed by atoms with Crippen molar-refractivity contribution in [2.24, 2.45) is 5.84 Å². The molecule has 0 saturated heterocycles. The molecule has 18 heavy (non-hydrogen) atoms. The highest BCUT2D eigenvalue weighted by Crippen LogP contribution is 2.29. The Kier molecular flexibility index (Phi) is 4.25. The summed E-state index contributed by atoms with van der Waals surface area (Å²) >= 11 is 12.3. The van der Waals surface area contributed by atoms with E-state index < -0.39 is 0 Å². The summed E-state index contributed by atoms with van der Waals surface area (Å²) in [4.78, 5) is 0. The molecule has 0 fully saturated rings. The average molecular weight is 281 g/mol. The predicted molar refractivity (Wildman–Crippen MR) is 76.8 cm³/mol. The Bertz CT molecular complexity index is 535. The number of rotatable bonds is 3. The molecule has 0 amide bonds. The van der Waals surface area contributed by atoms with Crippen molar-refractivity contribution in [1.82, 2.24) is 5.43 Å². The van der Waals surface area contributed by atoms with Crippen molar-refractivity contribution in [1.29, 1.82) is 0 Å². The molecule has 4 heteroatoms. The van der Waals surface area contributed by atoms with Crippen LogP contribution in [0.1, 0.15) is 22.7 Å². The summed E-state index contributed by atoms with van der Waals surface area (Å²) in [6.07, 6.45) is 0. The van der Waals surface area contributed by atoms with E-state index in [9.17, 15) is 0 Å². The summed E-state index contributed by atoms with van der Waals surface area (Å²) in [6, 6.07) is 13.3. The van der Waals surface area contributed by atoms with E-state index in [1.807, 2.05) is 49.4 Å². The van der Waals surface area contributed by atoms with Gasteiger partial charge >= 0.3 is 0 Å². The van der Waals surface area contributed by atoms with Crippen molar-refractivity contribution < 1.29 is 0 Å². The molecule has 0 spiro atoms. The fourth-order valence-electron chi connectivity index (χ4n) is 2.01. The maximum absolute atomic E-state index is 6.20. The number of aryl methyl sites for hydroxylation is 1. The lowest BCUT2D eigenvalue weighted by Crippen LogP contribution is -2.29. The Morgan fingerprint density at radius 3 is 2.44 bits per heavy atom. The summed E-state index contributed by atoms with van der Waals surface area (Å²) in [7, 11) is 0. The molecule has 0 aliphatic heterocycles. The molecule has 0 aliphatic carbocycles. The van der Waals surface area contributed by atoms with Crippen LogP contribution in [0.25, 0.3) is 0 Å². The Labute approximate surface area is 117 Å². The second kappa shape index (κ2) is 5.72. The maximum atomic E-state index is 6.20.